The Morgan fingerprint density at radius 1 is 1.30 bits per heavy atom. The summed E-state index contributed by atoms with van der Waals surface area (Å²) in [6.45, 7) is 14.0. The first kappa shape index (κ1) is 26.1. The van der Waals surface area contributed by atoms with E-state index in [1.807, 2.05) is 13.8 Å². The van der Waals surface area contributed by atoms with Crippen molar-refractivity contribution in [3.63, 3.8) is 0 Å². The Labute approximate surface area is 181 Å². The largest absolute Gasteiger partial charge is 0.443 e. The summed E-state index contributed by atoms with van der Waals surface area (Å²) in [5.41, 5.74) is -0.0468. The Bertz CT molecular complexity index is 540. The van der Waals surface area contributed by atoms with Gasteiger partial charge in [0.25, 0.3) is 0 Å². The molecule has 0 amide bonds. The smallest absolute Gasteiger partial charge is 0.216 e. The Kier molecular flexibility index (Phi) is 12.9. The monoisotopic (exact) mass is 495 g/mol. The maximum absolute atomic E-state index is 5.82. The maximum atomic E-state index is 5.82. The van der Waals surface area contributed by atoms with Crippen molar-refractivity contribution in [2.45, 2.75) is 59.1 Å². The van der Waals surface area contributed by atoms with Crippen LogP contribution < -0.4 is 10.6 Å². The number of hydrogen-bond donors (Lipinski definition) is 2. The van der Waals surface area contributed by atoms with Crippen LogP contribution in [0.15, 0.2) is 15.6 Å². The third kappa shape index (κ3) is 10.9. The predicted octanol–water partition coefficient (Wildman–Crippen LogP) is 3.00. The van der Waals surface area contributed by atoms with E-state index in [9.17, 15) is 0 Å². The third-order valence-corrected chi connectivity index (χ3v) is 3.81. The van der Waals surface area contributed by atoms with Gasteiger partial charge < -0.3 is 24.7 Å². The van der Waals surface area contributed by atoms with E-state index >= 15 is 0 Å². The number of aliphatic imine (C=N–C) groups is 1. The highest BCUT2D eigenvalue weighted by molar-refractivity contribution is 14.0. The molecule has 0 saturated carbocycles. The molecule has 0 fully saturated rings. The Morgan fingerprint density at radius 3 is 2.52 bits per heavy atom. The van der Waals surface area contributed by atoms with E-state index in [0.717, 1.165) is 31.2 Å². The van der Waals surface area contributed by atoms with Crippen LogP contribution >= 0.6 is 24.0 Å². The molecule has 0 radical (unpaired) electrons. The van der Waals surface area contributed by atoms with Gasteiger partial charge in [-0.25, -0.2) is 9.98 Å². The standard InChI is InChI=1S/C19H37N5O2.HI/c1-8-20-18(22-12-15(25-9-2)10-11-24(6)7)23-14-17-21-13-16(26-17)19(3,4)5;/h13,15H,8-12,14H2,1-7H3,(H2,20,22,23);1H. The Hall–Kier alpha value is -0.870. The van der Waals surface area contributed by atoms with Crippen molar-refractivity contribution in [2.75, 3.05) is 40.3 Å². The molecule has 0 spiro atoms. The van der Waals surface area contributed by atoms with E-state index in [4.69, 9.17) is 9.15 Å². The number of nitrogens with one attached hydrogen (secondary N) is 2. The fraction of sp³-hybridized carbons (Fsp3) is 0.789. The number of rotatable bonds is 10. The minimum Gasteiger partial charge on any atom is -0.443 e. The summed E-state index contributed by atoms with van der Waals surface area (Å²) in [6.07, 6.45) is 2.92. The molecule has 1 aromatic heterocycles. The maximum Gasteiger partial charge on any atom is 0.216 e. The lowest BCUT2D eigenvalue weighted by Crippen LogP contribution is -2.42. The van der Waals surface area contributed by atoms with Gasteiger partial charge in [-0.3, -0.25) is 0 Å². The number of oxazole rings is 1. The normalized spacial score (nSPS) is 13.4. The average molecular weight is 495 g/mol. The first-order valence-corrected chi connectivity index (χ1v) is 9.49. The number of guanidine groups is 1. The molecule has 2 N–H and O–H groups in total. The topological polar surface area (TPSA) is 74.9 Å². The van der Waals surface area contributed by atoms with Crippen LogP contribution in [0.3, 0.4) is 0 Å². The summed E-state index contributed by atoms with van der Waals surface area (Å²) in [4.78, 5) is 11.1. The van der Waals surface area contributed by atoms with Crippen LogP contribution in [0.2, 0.25) is 0 Å². The average Bonchev–Trinajstić information content (AvgIpc) is 3.04. The van der Waals surface area contributed by atoms with Crippen molar-refractivity contribution in [1.82, 2.24) is 20.5 Å². The second kappa shape index (κ2) is 13.3. The molecule has 1 atom stereocenters. The lowest BCUT2D eigenvalue weighted by molar-refractivity contribution is 0.0548. The van der Waals surface area contributed by atoms with Gasteiger partial charge in [-0.05, 0) is 34.4 Å². The molecule has 1 unspecified atom stereocenters. The highest BCUT2D eigenvalue weighted by Crippen LogP contribution is 2.22. The van der Waals surface area contributed by atoms with Gasteiger partial charge in [0.15, 0.2) is 5.96 Å². The van der Waals surface area contributed by atoms with Gasteiger partial charge in [0, 0.05) is 31.7 Å². The number of aromatic nitrogens is 1. The van der Waals surface area contributed by atoms with E-state index in [-0.39, 0.29) is 35.5 Å². The zero-order valence-electron chi connectivity index (χ0n) is 18.0. The van der Waals surface area contributed by atoms with Crippen molar-refractivity contribution in [3.05, 3.63) is 17.8 Å². The van der Waals surface area contributed by atoms with Crippen LogP contribution in [0, 0.1) is 0 Å². The molecule has 0 bridgehead atoms. The van der Waals surface area contributed by atoms with Crippen LogP contribution in [0.1, 0.15) is 52.7 Å². The summed E-state index contributed by atoms with van der Waals surface area (Å²) in [5, 5.41) is 6.62. The van der Waals surface area contributed by atoms with Crippen LogP contribution in [-0.4, -0.2) is 62.3 Å². The van der Waals surface area contributed by atoms with Crippen molar-refractivity contribution in [1.29, 1.82) is 0 Å². The van der Waals surface area contributed by atoms with Crippen LogP contribution in [0.25, 0.3) is 0 Å². The van der Waals surface area contributed by atoms with E-state index in [1.54, 1.807) is 6.20 Å². The molecular weight excluding hydrogens is 457 g/mol. The van der Waals surface area contributed by atoms with Crippen molar-refractivity contribution >= 4 is 29.9 Å². The molecule has 0 saturated heterocycles. The lowest BCUT2D eigenvalue weighted by atomic mass is 9.94. The summed E-state index contributed by atoms with van der Waals surface area (Å²) in [5.74, 6) is 2.25. The van der Waals surface area contributed by atoms with E-state index in [0.29, 0.717) is 25.6 Å². The second-order valence-electron chi connectivity index (χ2n) is 7.61. The highest BCUT2D eigenvalue weighted by atomic mass is 127. The summed E-state index contributed by atoms with van der Waals surface area (Å²) in [6, 6.07) is 0. The first-order chi connectivity index (χ1) is 12.3. The molecule has 1 heterocycles. The van der Waals surface area contributed by atoms with Gasteiger partial charge in [-0.2, -0.15) is 0 Å². The molecule has 27 heavy (non-hydrogen) atoms. The van der Waals surface area contributed by atoms with Crippen molar-refractivity contribution in [2.24, 2.45) is 4.99 Å². The van der Waals surface area contributed by atoms with Gasteiger partial charge in [0.05, 0.1) is 12.3 Å². The SMILES string of the molecule is CCNC(=NCc1ncc(C(C)(C)C)o1)NCC(CCN(C)C)OCC.I. The van der Waals surface area contributed by atoms with E-state index < -0.39 is 0 Å². The zero-order valence-corrected chi connectivity index (χ0v) is 20.3. The van der Waals surface area contributed by atoms with Crippen LogP contribution in [0.5, 0.6) is 0 Å². The number of halogens is 1. The second-order valence-corrected chi connectivity index (χ2v) is 7.61. The fourth-order valence-electron chi connectivity index (χ4n) is 2.31. The van der Waals surface area contributed by atoms with Gasteiger partial charge >= 0.3 is 0 Å². The first-order valence-electron chi connectivity index (χ1n) is 9.49. The molecule has 1 aromatic rings. The number of hydrogen-bond acceptors (Lipinski definition) is 5. The molecule has 8 heteroatoms. The summed E-state index contributed by atoms with van der Waals surface area (Å²) >= 11 is 0. The number of ether oxygens (including phenoxy) is 1. The van der Waals surface area contributed by atoms with Crippen LogP contribution in [-0.2, 0) is 16.7 Å². The molecule has 1 rings (SSSR count). The van der Waals surface area contributed by atoms with Gasteiger partial charge in [-0.1, -0.05) is 20.8 Å². The minimum absolute atomic E-state index is 0. The minimum atomic E-state index is -0.0468. The van der Waals surface area contributed by atoms with Gasteiger partial charge in [0.2, 0.25) is 5.89 Å². The molecule has 0 aliphatic heterocycles. The molecule has 0 aliphatic carbocycles. The third-order valence-electron chi connectivity index (χ3n) is 3.81. The van der Waals surface area contributed by atoms with E-state index in [2.05, 4.69) is 60.4 Å². The molecule has 7 nitrogen and oxygen atoms in total. The van der Waals surface area contributed by atoms with Crippen molar-refractivity contribution < 1.29 is 9.15 Å². The van der Waals surface area contributed by atoms with Gasteiger partial charge in [0.1, 0.15) is 12.3 Å². The fourth-order valence-corrected chi connectivity index (χ4v) is 2.31. The quantitative estimate of drug-likeness (QED) is 0.296. The van der Waals surface area contributed by atoms with E-state index in [1.165, 1.54) is 0 Å². The molecular formula is C19H38IN5O2. The van der Waals surface area contributed by atoms with Crippen molar-refractivity contribution in [3.8, 4) is 0 Å². The summed E-state index contributed by atoms with van der Waals surface area (Å²) in [7, 11) is 4.15. The Morgan fingerprint density at radius 2 is 2.00 bits per heavy atom. The van der Waals surface area contributed by atoms with Gasteiger partial charge in [-0.15, -0.1) is 24.0 Å². The summed E-state index contributed by atoms with van der Waals surface area (Å²) < 4.78 is 11.6. The zero-order chi connectivity index (χ0) is 19.6. The molecule has 158 valence electrons. The highest BCUT2D eigenvalue weighted by Gasteiger charge is 2.19. The Balaban J connectivity index is 0.00000676. The van der Waals surface area contributed by atoms with Crippen LogP contribution in [0.4, 0.5) is 0 Å². The number of nitrogens with zero attached hydrogens (tertiary/aromatic N) is 3. The predicted molar refractivity (Wildman–Crippen MR) is 122 cm³/mol. The lowest BCUT2D eigenvalue weighted by Gasteiger charge is -2.21. The molecule has 0 aromatic carbocycles. The molecule has 0 aliphatic rings.